The van der Waals surface area contributed by atoms with E-state index in [4.69, 9.17) is 37.0 Å². The molecular formula is C71H138O17P2. The molecule has 0 bridgehead atoms. The Morgan fingerprint density at radius 1 is 0.322 bits per heavy atom. The van der Waals surface area contributed by atoms with Crippen LogP contribution in [0, 0.1) is 17.8 Å². The van der Waals surface area contributed by atoms with Crippen LogP contribution in [-0.2, 0) is 65.4 Å². The largest absolute Gasteiger partial charge is 0.472 e. The molecule has 6 atom stereocenters. The van der Waals surface area contributed by atoms with Gasteiger partial charge in [-0.2, -0.15) is 0 Å². The van der Waals surface area contributed by atoms with E-state index in [1.807, 2.05) is 0 Å². The summed E-state index contributed by atoms with van der Waals surface area (Å²) in [6.45, 7) is 11.8. The minimum absolute atomic E-state index is 0.104. The lowest BCUT2D eigenvalue weighted by Crippen LogP contribution is -2.30. The van der Waals surface area contributed by atoms with Crippen molar-refractivity contribution in [1.29, 1.82) is 0 Å². The number of carbonyl (C=O) groups excluding carboxylic acids is 4. The second kappa shape index (κ2) is 61.9. The maximum Gasteiger partial charge on any atom is 0.472 e. The summed E-state index contributed by atoms with van der Waals surface area (Å²) in [5.41, 5.74) is 0. The van der Waals surface area contributed by atoms with Crippen LogP contribution in [0.3, 0.4) is 0 Å². The van der Waals surface area contributed by atoms with E-state index in [2.05, 4.69) is 48.5 Å². The van der Waals surface area contributed by atoms with Gasteiger partial charge in [-0.1, -0.05) is 305 Å². The Morgan fingerprint density at radius 2 is 0.567 bits per heavy atom. The van der Waals surface area contributed by atoms with Gasteiger partial charge in [-0.3, -0.25) is 37.3 Å². The van der Waals surface area contributed by atoms with Gasteiger partial charge in [-0.05, 0) is 43.4 Å². The van der Waals surface area contributed by atoms with Crippen LogP contribution in [0.5, 0.6) is 0 Å². The average Bonchev–Trinajstić information content (AvgIpc) is 3.72. The number of unbranched alkanes of at least 4 members (excludes halogenated alkanes) is 36. The predicted molar refractivity (Wildman–Crippen MR) is 363 cm³/mol. The van der Waals surface area contributed by atoms with E-state index in [1.54, 1.807) is 0 Å². The molecule has 90 heavy (non-hydrogen) atoms. The second-order valence-electron chi connectivity index (χ2n) is 26.8. The molecule has 19 heteroatoms. The Balaban J connectivity index is 5.25. The smallest absolute Gasteiger partial charge is 0.462 e. The van der Waals surface area contributed by atoms with Gasteiger partial charge in [-0.25, -0.2) is 9.13 Å². The van der Waals surface area contributed by atoms with Crippen molar-refractivity contribution in [1.82, 2.24) is 0 Å². The van der Waals surface area contributed by atoms with Gasteiger partial charge in [0.05, 0.1) is 26.4 Å². The number of esters is 4. The molecule has 0 aliphatic rings. The fraction of sp³-hybridized carbons (Fsp3) is 0.944. The molecule has 0 aromatic heterocycles. The van der Waals surface area contributed by atoms with Crippen molar-refractivity contribution in [3.8, 4) is 0 Å². The molecule has 0 spiro atoms. The van der Waals surface area contributed by atoms with E-state index in [1.165, 1.54) is 161 Å². The highest BCUT2D eigenvalue weighted by Gasteiger charge is 2.30. The maximum atomic E-state index is 13.0. The van der Waals surface area contributed by atoms with Crippen molar-refractivity contribution in [2.24, 2.45) is 17.8 Å². The molecule has 17 nitrogen and oxygen atoms in total. The highest BCUT2D eigenvalue weighted by Crippen LogP contribution is 2.45. The topological polar surface area (TPSA) is 237 Å². The summed E-state index contributed by atoms with van der Waals surface area (Å²) in [4.78, 5) is 72.6. The zero-order valence-corrected chi connectivity index (χ0v) is 60.4. The fourth-order valence-electron chi connectivity index (χ4n) is 10.7. The van der Waals surface area contributed by atoms with Crippen molar-refractivity contribution in [3.63, 3.8) is 0 Å². The van der Waals surface area contributed by atoms with Gasteiger partial charge in [0.25, 0.3) is 0 Å². The Bertz CT molecular complexity index is 1770. The standard InChI is InChI=1S/C71H138O17P2/c1-8-10-11-12-13-14-15-16-17-18-19-20-25-31-40-47-54-70(75)87-66(58-81-68(73)52-45-38-30-26-21-23-28-35-42-49-62(3)4)60-85-89(77,78)83-56-65(72)57-84-90(79,80)86-61-67(59-82-69(74)53-46-39-34-33-37-44-51-64(7)9-2)88-71(76)55-48-41-32-27-22-24-29-36-43-50-63(5)6/h62-67,72H,8-61H2,1-7H3,(H,77,78)(H,79,80)/t64?,65-,66-,67-/m1/s1. The van der Waals surface area contributed by atoms with Crippen LogP contribution in [0.15, 0.2) is 0 Å². The van der Waals surface area contributed by atoms with Crippen LogP contribution in [-0.4, -0.2) is 96.7 Å². The van der Waals surface area contributed by atoms with Crippen molar-refractivity contribution >= 4 is 39.5 Å². The third kappa shape index (κ3) is 63.5. The minimum atomic E-state index is -4.95. The third-order valence-corrected chi connectivity index (χ3v) is 18.6. The summed E-state index contributed by atoms with van der Waals surface area (Å²) < 4.78 is 68.3. The van der Waals surface area contributed by atoms with Crippen molar-refractivity contribution in [2.45, 2.75) is 375 Å². The minimum Gasteiger partial charge on any atom is -0.462 e. The van der Waals surface area contributed by atoms with Crippen molar-refractivity contribution in [3.05, 3.63) is 0 Å². The van der Waals surface area contributed by atoms with Crippen LogP contribution in [0.4, 0.5) is 0 Å². The lowest BCUT2D eigenvalue weighted by Gasteiger charge is -2.21. The van der Waals surface area contributed by atoms with Gasteiger partial charge in [0.2, 0.25) is 0 Å². The fourth-order valence-corrected chi connectivity index (χ4v) is 12.3. The second-order valence-corrected chi connectivity index (χ2v) is 29.7. The van der Waals surface area contributed by atoms with Crippen LogP contribution < -0.4 is 0 Å². The summed E-state index contributed by atoms with van der Waals surface area (Å²) in [5, 5.41) is 10.6. The molecule has 0 aromatic carbocycles. The van der Waals surface area contributed by atoms with Gasteiger partial charge in [0, 0.05) is 25.7 Å². The first kappa shape index (κ1) is 88.1. The average molecular weight is 1330 g/mol. The first-order chi connectivity index (χ1) is 43.3. The molecule has 3 N–H and O–H groups in total. The summed E-state index contributed by atoms with van der Waals surface area (Å²) in [6.07, 6.45) is 45.8. The molecule has 0 heterocycles. The van der Waals surface area contributed by atoms with Crippen molar-refractivity contribution < 1.29 is 80.2 Å². The molecule has 0 saturated heterocycles. The van der Waals surface area contributed by atoms with Crippen LogP contribution >= 0.6 is 15.6 Å². The molecule has 0 aromatic rings. The van der Waals surface area contributed by atoms with Crippen LogP contribution in [0.2, 0.25) is 0 Å². The lowest BCUT2D eigenvalue weighted by molar-refractivity contribution is -0.161. The van der Waals surface area contributed by atoms with Gasteiger partial charge in [0.15, 0.2) is 12.2 Å². The summed E-state index contributed by atoms with van der Waals surface area (Å²) in [7, 11) is -9.90. The molecular weight excluding hydrogens is 1190 g/mol. The normalized spacial score (nSPS) is 14.5. The summed E-state index contributed by atoms with van der Waals surface area (Å²) >= 11 is 0. The molecule has 0 aliphatic heterocycles. The molecule has 0 fully saturated rings. The van der Waals surface area contributed by atoms with Gasteiger partial charge in [0.1, 0.15) is 19.3 Å². The molecule has 0 rings (SSSR count). The van der Waals surface area contributed by atoms with Crippen LogP contribution in [0.1, 0.15) is 357 Å². The van der Waals surface area contributed by atoms with E-state index in [0.29, 0.717) is 25.7 Å². The number of rotatable bonds is 69. The number of aliphatic hydroxyl groups is 1. The summed E-state index contributed by atoms with van der Waals surface area (Å²) in [5.74, 6) is 0.0851. The predicted octanol–water partition coefficient (Wildman–Crippen LogP) is 20.2. The Kier molecular flexibility index (Phi) is 60.6. The quantitative estimate of drug-likeness (QED) is 0.0222. The molecule has 0 saturated carbocycles. The molecule has 0 radical (unpaired) electrons. The summed E-state index contributed by atoms with van der Waals surface area (Å²) in [6, 6.07) is 0. The van der Waals surface area contributed by atoms with E-state index in [-0.39, 0.29) is 25.7 Å². The number of ether oxygens (including phenoxy) is 4. The first-order valence-corrected chi connectivity index (χ1v) is 39.9. The van der Waals surface area contributed by atoms with Gasteiger partial charge >= 0.3 is 39.5 Å². The highest BCUT2D eigenvalue weighted by molar-refractivity contribution is 7.47. The van der Waals surface area contributed by atoms with Crippen molar-refractivity contribution in [2.75, 3.05) is 39.6 Å². The molecule has 534 valence electrons. The maximum absolute atomic E-state index is 13.0. The highest BCUT2D eigenvalue weighted by atomic mass is 31.2. The molecule has 0 amide bonds. The number of aliphatic hydroxyl groups excluding tert-OH is 1. The Morgan fingerprint density at radius 3 is 0.844 bits per heavy atom. The van der Waals surface area contributed by atoms with E-state index in [0.717, 1.165) is 114 Å². The number of phosphoric acid groups is 2. The number of phosphoric ester groups is 2. The Hall–Kier alpha value is -1.94. The zero-order valence-electron chi connectivity index (χ0n) is 58.6. The van der Waals surface area contributed by atoms with E-state index in [9.17, 15) is 43.2 Å². The van der Waals surface area contributed by atoms with Gasteiger partial charge in [-0.15, -0.1) is 0 Å². The number of hydrogen-bond donors (Lipinski definition) is 3. The molecule has 0 aliphatic carbocycles. The van der Waals surface area contributed by atoms with Gasteiger partial charge < -0.3 is 33.8 Å². The van der Waals surface area contributed by atoms with Crippen LogP contribution in [0.25, 0.3) is 0 Å². The SMILES string of the molecule is CCCCCCCCCCCCCCCCCCC(=O)O[C@H](COC(=O)CCCCCCCCCCCC(C)C)COP(=O)(O)OC[C@@H](O)COP(=O)(O)OC[C@@H](COC(=O)CCCCCCCCC(C)CC)OC(=O)CCCCCCCCCCCC(C)C. The lowest BCUT2D eigenvalue weighted by atomic mass is 10.00. The zero-order chi connectivity index (χ0) is 66.6. The third-order valence-electron chi connectivity index (χ3n) is 16.7. The molecule has 3 unspecified atom stereocenters. The Labute approximate surface area is 549 Å². The van der Waals surface area contributed by atoms with E-state index >= 15 is 0 Å². The number of hydrogen-bond acceptors (Lipinski definition) is 15. The number of carbonyl (C=O) groups is 4. The van der Waals surface area contributed by atoms with E-state index < -0.39 is 97.5 Å². The monoisotopic (exact) mass is 1320 g/mol. The first-order valence-electron chi connectivity index (χ1n) is 36.9.